The monoisotopic (exact) mass is 454 g/mol. The number of hydrogen-bond donors (Lipinski definition) is 1. The van der Waals surface area contributed by atoms with E-state index in [1.54, 1.807) is 6.07 Å². The number of nitrogens with zero attached hydrogens (tertiary/aromatic N) is 2. The van der Waals surface area contributed by atoms with Crippen molar-refractivity contribution in [2.45, 2.75) is 18.7 Å². The maximum absolute atomic E-state index is 14.4. The summed E-state index contributed by atoms with van der Waals surface area (Å²) in [4.78, 5) is 3.36. The Morgan fingerprint density at radius 1 is 0.812 bits per heavy atom. The van der Waals surface area contributed by atoms with Crippen LogP contribution in [0.3, 0.4) is 0 Å². The predicted octanol–water partition coefficient (Wildman–Crippen LogP) is 5.19. The third kappa shape index (κ3) is 3.18. The van der Waals surface area contributed by atoms with Gasteiger partial charge in [0, 0.05) is 35.4 Å². The Balaban J connectivity index is 1.78. The highest BCUT2D eigenvalue weighted by Gasteiger charge is 2.40. The van der Waals surface area contributed by atoms with Crippen molar-refractivity contribution >= 4 is 21.5 Å². The highest BCUT2D eigenvalue weighted by molar-refractivity contribution is 7.85. The van der Waals surface area contributed by atoms with Crippen LogP contribution in [0.5, 0.6) is 0 Å². The lowest BCUT2D eigenvalue weighted by Gasteiger charge is -2.40. The SMILES string of the molecule is CC1C=CN2C(c3cc(F)cc(S(=O)(=O)O)c3)=C3C(C)C=CN3C(c3cccc(F)c3)=C12. The Labute approximate surface area is 185 Å². The summed E-state index contributed by atoms with van der Waals surface area (Å²) in [5, 5.41) is 0. The molecule has 164 valence electrons. The summed E-state index contributed by atoms with van der Waals surface area (Å²) >= 11 is 0. The van der Waals surface area contributed by atoms with E-state index in [1.807, 2.05) is 54.3 Å². The van der Waals surface area contributed by atoms with Crippen LogP contribution in [-0.2, 0) is 10.1 Å². The number of fused-ring (bicyclic) bond motifs is 2. The molecule has 0 saturated carbocycles. The van der Waals surface area contributed by atoms with Crippen LogP contribution in [0.1, 0.15) is 25.0 Å². The Kier molecular flexibility index (Phi) is 4.61. The Morgan fingerprint density at radius 2 is 1.38 bits per heavy atom. The van der Waals surface area contributed by atoms with Crippen LogP contribution in [0.25, 0.3) is 11.4 Å². The first kappa shape index (κ1) is 20.7. The van der Waals surface area contributed by atoms with Gasteiger partial charge in [-0.25, -0.2) is 8.78 Å². The molecule has 0 bridgehead atoms. The highest BCUT2D eigenvalue weighted by atomic mass is 32.2. The van der Waals surface area contributed by atoms with Crippen LogP contribution in [0.4, 0.5) is 8.78 Å². The lowest BCUT2D eigenvalue weighted by atomic mass is 9.94. The van der Waals surface area contributed by atoms with Gasteiger partial charge in [0.05, 0.1) is 27.7 Å². The van der Waals surface area contributed by atoms with Crippen molar-refractivity contribution < 1.29 is 21.8 Å². The molecule has 3 aliphatic rings. The molecule has 0 spiro atoms. The molecule has 32 heavy (non-hydrogen) atoms. The lowest BCUT2D eigenvalue weighted by Crippen LogP contribution is -2.31. The Hall–Kier alpha value is -3.23. The first-order chi connectivity index (χ1) is 15.1. The van der Waals surface area contributed by atoms with Crippen molar-refractivity contribution in [3.05, 3.63) is 101 Å². The average Bonchev–Trinajstić information content (AvgIpc) is 3.29. The second kappa shape index (κ2) is 7.15. The fraction of sp³-hybridized carbons (Fsp3) is 0.167. The van der Waals surface area contributed by atoms with Crippen LogP contribution in [0.15, 0.2) is 83.3 Å². The molecule has 5 nitrogen and oxygen atoms in total. The zero-order valence-corrected chi connectivity index (χ0v) is 18.1. The molecule has 0 aromatic heterocycles. The van der Waals surface area contributed by atoms with Crippen molar-refractivity contribution in [1.82, 2.24) is 9.80 Å². The molecule has 1 N–H and O–H groups in total. The normalized spacial score (nSPS) is 22.2. The molecule has 2 aromatic rings. The zero-order chi connectivity index (χ0) is 22.8. The van der Waals surface area contributed by atoms with Crippen molar-refractivity contribution in [3.63, 3.8) is 0 Å². The summed E-state index contributed by atoms with van der Waals surface area (Å²) in [6.45, 7) is 3.98. The quantitative estimate of drug-likeness (QED) is 0.647. The van der Waals surface area contributed by atoms with Gasteiger partial charge < -0.3 is 9.80 Å². The largest absolute Gasteiger partial charge is 0.316 e. The molecule has 8 heteroatoms. The van der Waals surface area contributed by atoms with E-state index in [4.69, 9.17) is 0 Å². The van der Waals surface area contributed by atoms with Gasteiger partial charge in [0.1, 0.15) is 11.6 Å². The van der Waals surface area contributed by atoms with E-state index in [0.29, 0.717) is 16.8 Å². The first-order valence-corrected chi connectivity index (χ1v) is 11.6. The van der Waals surface area contributed by atoms with E-state index in [9.17, 15) is 21.8 Å². The molecule has 0 aliphatic carbocycles. The fourth-order valence-corrected chi connectivity index (χ4v) is 5.10. The van der Waals surface area contributed by atoms with E-state index in [2.05, 4.69) is 0 Å². The first-order valence-electron chi connectivity index (χ1n) is 10.1. The van der Waals surface area contributed by atoms with E-state index in [0.717, 1.165) is 23.2 Å². The molecule has 2 aromatic carbocycles. The van der Waals surface area contributed by atoms with E-state index in [-0.39, 0.29) is 17.7 Å². The van der Waals surface area contributed by atoms with Gasteiger partial charge in [0.15, 0.2) is 0 Å². The maximum atomic E-state index is 14.4. The molecule has 5 rings (SSSR count). The molecule has 2 atom stereocenters. The minimum absolute atomic E-state index is 0.0243. The molecule has 3 aliphatic heterocycles. The number of allylic oxidation sites excluding steroid dienone is 2. The third-order valence-electron chi connectivity index (χ3n) is 5.94. The van der Waals surface area contributed by atoms with Crippen LogP contribution >= 0.6 is 0 Å². The van der Waals surface area contributed by atoms with Crippen molar-refractivity contribution in [2.24, 2.45) is 11.8 Å². The summed E-state index contributed by atoms with van der Waals surface area (Å²) in [5.41, 5.74) is 4.12. The van der Waals surface area contributed by atoms with Gasteiger partial charge in [-0.15, -0.1) is 0 Å². The molecule has 0 amide bonds. The average molecular weight is 454 g/mol. The van der Waals surface area contributed by atoms with Crippen molar-refractivity contribution in [3.8, 4) is 0 Å². The molecular weight excluding hydrogens is 434 g/mol. The number of halogens is 2. The molecule has 2 unspecified atom stereocenters. The smallest absolute Gasteiger partial charge is 0.294 e. The summed E-state index contributed by atoms with van der Waals surface area (Å²) in [7, 11) is -4.60. The highest BCUT2D eigenvalue weighted by Crippen LogP contribution is 2.50. The van der Waals surface area contributed by atoms with Gasteiger partial charge in [0.2, 0.25) is 0 Å². The summed E-state index contributed by atoms with van der Waals surface area (Å²) in [5.74, 6) is -1.22. The maximum Gasteiger partial charge on any atom is 0.294 e. The zero-order valence-electron chi connectivity index (χ0n) is 17.3. The third-order valence-corrected chi connectivity index (χ3v) is 6.77. The second-order valence-corrected chi connectivity index (χ2v) is 9.55. The number of benzene rings is 2. The predicted molar refractivity (Wildman–Crippen MR) is 117 cm³/mol. The Morgan fingerprint density at radius 3 is 1.94 bits per heavy atom. The van der Waals surface area contributed by atoms with Gasteiger partial charge >= 0.3 is 0 Å². The van der Waals surface area contributed by atoms with Gasteiger partial charge in [0.25, 0.3) is 10.1 Å². The molecule has 0 saturated heterocycles. The standard InChI is InChI=1S/C24H20F2N2O3S/c1-14-7-9-28-21(14)23(16-4-3-5-18(25)10-16)27-8-6-15(2)22(27)24(28)17-11-19(26)13-20(12-17)32(29,30)31/h3-15H,1-2H3,(H,29,30,31). The fourth-order valence-electron chi connectivity index (χ4n) is 4.57. The molecule has 0 radical (unpaired) electrons. The Bertz CT molecular complexity index is 1380. The van der Waals surface area contributed by atoms with Gasteiger partial charge in [-0.2, -0.15) is 8.42 Å². The van der Waals surface area contributed by atoms with E-state index in [1.165, 1.54) is 24.3 Å². The minimum Gasteiger partial charge on any atom is -0.316 e. The molecule has 3 heterocycles. The number of rotatable bonds is 3. The van der Waals surface area contributed by atoms with Gasteiger partial charge in [-0.3, -0.25) is 4.55 Å². The van der Waals surface area contributed by atoms with E-state index < -0.39 is 20.8 Å². The topological polar surface area (TPSA) is 60.9 Å². The minimum atomic E-state index is -4.60. The second-order valence-electron chi connectivity index (χ2n) is 8.13. The van der Waals surface area contributed by atoms with Gasteiger partial charge in [-0.1, -0.05) is 38.1 Å². The number of hydrogen-bond acceptors (Lipinski definition) is 4. The van der Waals surface area contributed by atoms with Crippen LogP contribution in [0.2, 0.25) is 0 Å². The summed E-state index contributed by atoms with van der Waals surface area (Å²) in [6, 6.07) is 9.67. The van der Waals surface area contributed by atoms with Gasteiger partial charge in [-0.05, 0) is 30.3 Å². The summed E-state index contributed by atoms with van der Waals surface area (Å²) < 4.78 is 61.5. The lowest BCUT2D eigenvalue weighted by molar-refractivity contribution is 0.481. The molecular formula is C24H20F2N2O3S. The van der Waals surface area contributed by atoms with Crippen LogP contribution < -0.4 is 0 Å². The summed E-state index contributed by atoms with van der Waals surface area (Å²) in [6.07, 6.45) is 7.73. The molecule has 0 fully saturated rings. The van der Waals surface area contributed by atoms with E-state index >= 15 is 0 Å². The van der Waals surface area contributed by atoms with Crippen molar-refractivity contribution in [2.75, 3.05) is 0 Å². The van der Waals surface area contributed by atoms with Crippen LogP contribution in [-0.4, -0.2) is 22.8 Å². The van der Waals surface area contributed by atoms with Crippen molar-refractivity contribution in [1.29, 1.82) is 0 Å². The van der Waals surface area contributed by atoms with Crippen LogP contribution in [0, 0.1) is 23.5 Å².